The number of fused-ring (bicyclic) bond motifs is 2. The quantitative estimate of drug-likeness (QED) is 0.468. The fraction of sp³-hybridized carbons (Fsp3) is 0.444. The molecule has 0 fully saturated rings. The number of nitrogens with two attached hydrogens (primary N) is 1. The van der Waals surface area contributed by atoms with Crippen molar-refractivity contribution in [1.82, 2.24) is 15.2 Å². The summed E-state index contributed by atoms with van der Waals surface area (Å²) in [6, 6.07) is 2.15. The van der Waals surface area contributed by atoms with Gasteiger partial charge < -0.3 is 5.73 Å². The lowest BCUT2D eigenvalue weighted by molar-refractivity contribution is 0.103. The van der Waals surface area contributed by atoms with Crippen LogP contribution in [-0.4, -0.2) is 26.8 Å². The van der Waals surface area contributed by atoms with Crippen LogP contribution in [0.4, 0.5) is 10.8 Å². The molecule has 1 aliphatic carbocycles. The van der Waals surface area contributed by atoms with E-state index in [-0.39, 0.29) is 5.91 Å². The van der Waals surface area contributed by atoms with E-state index in [1.807, 2.05) is 0 Å². The van der Waals surface area contributed by atoms with Crippen LogP contribution in [0.25, 0.3) is 10.2 Å². The van der Waals surface area contributed by atoms with Crippen molar-refractivity contribution >= 4 is 61.4 Å². The summed E-state index contributed by atoms with van der Waals surface area (Å²) in [5, 5.41) is 12.3. The number of rotatable bonds is 4. The van der Waals surface area contributed by atoms with Crippen molar-refractivity contribution in [3.8, 4) is 0 Å². The fourth-order valence-corrected chi connectivity index (χ4v) is 5.91. The third-order valence-electron chi connectivity index (χ3n) is 4.60. The first-order valence-electron chi connectivity index (χ1n) is 9.14. The van der Waals surface area contributed by atoms with Gasteiger partial charge in [-0.1, -0.05) is 42.9 Å². The van der Waals surface area contributed by atoms with Crippen LogP contribution in [0.1, 0.15) is 53.5 Å². The van der Waals surface area contributed by atoms with Crippen molar-refractivity contribution in [3.63, 3.8) is 0 Å². The van der Waals surface area contributed by atoms with Crippen LogP contribution >= 0.6 is 34.4 Å². The summed E-state index contributed by atoms with van der Waals surface area (Å²) >= 11 is 4.34. The second kappa shape index (κ2) is 8.12. The van der Waals surface area contributed by atoms with Gasteiger partial charge in [0.05, 0.1) is 5.69 Å². The Morgan fingerprint density at radius 3 is 2.85 bits per heavy atom. The summed E-state index contributed by atoms with van der Waals surface area (Å²) in [5.41, 5.74) is 9.28. The summed E-state index contributed by atoms with van der Waals surface area (Å²) in [7, 11) is 0. The van der Waals surface area contributed by atoms with Crippen molar-refractivity contribution in [2.45, 2.75) is 49.8 Å². The van der Waals surface area contributed by atoms with Gasteiger partial charge in [0, 0.05) is 11.1 Å². The highest BCUT2D eigenvalue weighted by molar-refractivity contribution is 8.01. The summed E-state index contributed by atoms with van der Waals surface area (Å²) in [6.07, 6.45) is 6.94. The number of amides is 1. The highest BCUT2D eigenvalue weighted by atomic mass is 32.2. The maximum absolute atomic E-state index is 12.7. The minimum absolute atomic E-state index is 0.243. The smallest absolute Gasteiger partial charge is 0.269 e. The zero-order chi connectivity index (χ0) is 18.8. The van der Waals surface area contributed by atoms with E-state index in [4.69, 9.17) is 10.7 Å². The predicted octanol–water partition coefficient (Wildman–Crippen LogP) is 4.75. The van der Waals surface area contributed by atoms with Gasteiger partial charge in [0.25, 0.3) is 5.91 Å². The average molecular weight is 420 g/mol. The number of aromatic nitrogens is 3. The second-order valence-electron chi connectivity index (χ2n) is 6.47. The van der Waals surface area contributed by atoms with Crippen molar-refractivity contribution in [2.24, 2.45) is 0 Å². The molecule has 9 heteroatoms. The first-order valence-corrected chi connectivity index (χ1v) is 11.8. The molecule has 0 saturated carbocycles. The molecule has 1 amide bonds. The van der Waals surface area contributed by atoms with Crippen LogP contribution in [0.3, 0.4) is 0 Å². The standard InChI is InChI=1S/C18H21N5OS3/c1-2-25-18-23-22-17(27-18)21-15(24)14-13(19)11-9-10-7-5-3-4-6-8-12(10)20-16(11)26-14/h9H,2-8,19H2,1H3,(H,21,22,24). The maximum Gasteiger partial charge on any atom is 0.269 e. The van der Waals surface area contributed by atoms with Gasteiger partial charge in [-0.05, 0) is 43.1 Å². The molecular weight excluding hydrogens is 398 g/mol. The molecule has 0 atom stereocenters. The van der Waals surface area contributed by atoms with E-state index in [9.17, 15) is 4.79 Å². The van der Waals surface area contributed by atoms with Crippen LogP contribution < -0.4 is 11.1 Å². The lowest BCUT2D eigenvalue weighted by Crippen LogP contribution is -2.11. The van der Waals surface area contributed by atoms with Gasteiger partial charge in [0.15, 0.2) is 4.34 Å². The third-order valence-corrected chi connectivity index (χ3v) is 7.57. The second-order valence-corrected chi connectivity index (χ2v) is 9.95. The molecule has 1 aliphatic rings. The zero-order valence-corrected chi connectivity index (χ0v) is 17.5. The molecule has 0 aliphatic heterocycles. The van der Waals surface area contributed by atoms with Gasteiger partial charge in [-0.25, -0.2) is 4.98 Å². The normalized spacial score (nSPS) is 14.6. The Labute approximate surface area is 170 Å². The molecule has 3 aromatic heterocycles. The molecule has 6 nitrogen and oxygen atoms in total. The average Bonchev–Trinajstić information content (AvgIpc) is 3.19. The topological polar surface area (TPSA) is 93.8 Å². The summed E-state index contributed by atoms with van der Waals surface area (Å²) in [6.45, 7) is 2.05. The van der Waals surface area contributed by atoms with E-state index in [1.165, 1.54) is 59.6 Å². The first-order chi connectivity index (χ1) is 13.2. The summed E-state index contributed by atoms with van der Waals surface area (Å²) in [4.78, 5) is 18.9. The fourth-order valence-electron chi connectivity index (χ4n) is 3.28. The van der Waals surface area contributed by atoms with Gasteiger partial charge in [0.2, 0.25) is 5.13 Å². The van der Waals surface area contributed by atoms with Crippen LogP contribution in [0.5, 0.6) is 0 Å². The Bertz CT molecular complexity index is 981. The molecule has 142 valence electrons. The molecule has 0 unspecified atom stereocenters. The molecule has 3 heterocycles. The van der Waals surface area contributed by atoms with Gasteiger partial charge >= 0.3 is 0 Å². The number of thioether (sulfide) groups is 1. The molecule has 27 heavy (non-hydrogen) atoms. The van der Waals surface area contributed by atoms with E-state index in [0.29, 0.717) is 15.7 Å². The van der Waals surface area contributed by atoms with Crippen LogP contribution in [0.15, 0.2) is 10.4 Å². The molecule has 0 radical (unpaired) electrons. The molecule has 0 saturated heterocycles. The van der Waals surface area contributed by atoms with Crippen LogP contribution in [0.2, 0.25) is 0 Å². The van der Waals surface area contributed by atoms with Crippen molar-refractivity contribution in [3.05, 3.63) is 22.2 Å². The van der Waals surface area contributed by atoms with Crippen molar-refractivity contribution in [1.29, 1.82) is 0 Å². The van der Waals surface area contributed by atoms with Crippen molar-refractivity contribution < 1.29 is 4.79 Å². The number of nitrogens with one attached hydrogen (secondary N) is 1. The number of thiophene rings is 1. The number of anilines is 2. The van der Waals surface area contributed by atoms with Gasteiger partial charge in [-0.2, -0.15) is 0 Å². The van der Waals surface area contributed by atoms with E-state index in [1.54, 1.807) is 11.8 Å². The number of pyridine rings is 1. The van der Waals surface area contributed by atoms with Crippen molar-refractivity contribution in [2.75, 3.05) is 16.8 Å². The monoisotopic (exact) mass is 419 g/mol. The van der Waals surface area contributed by atoms with E-state index in [0.717, 1.165) is 33.2 Å². The molecule has 3 N–H and O–H groups in total. The predicted molar refractivity (Wildman–Crippen MR) is 114 cm³/mol. The van der Waals surface area contributed by atoms with Gasteiger partial charge in [0.1, 0.15) is 9.71 Å². The molecule has 0 spiro atoms. The maximum atomic E-state index is 12.7. The minimum Gasteiger partial charge on any atom is -0.397 e. The Balaban J connectivity index is 1.62. The number of carbonyl (C=O) groups excluding carboxylic acids is 1. The Kier molecular flexibility index (Phi) is 5.60. The Hall–Kier alpha value is -1.71. The lowest BCUT2D eigenvalue weighted by Gasteiger charge is -2.12. The number of aryl methyl sites for hydroxylation is 2. The largest absolute Gasteiger partial charge is 0.397 e. The summed E-state index contributed by atoms with van der Waals surface area (Å²) in [5.74, 6) is 0.675. The molecule has 4 rings (SSSR count). The third kappa shape index (κ3) is 3.95. The van der Waals surface area contributed by atoms with E-state index < -0.39 is 0 Å². The highest BCUT2D eigenvalue weighted by Crippen LogP contribution is 2.36. The number of hydrogen-bond donors (Lipinski definition) is 2. The zero-order valence-electron chi connectivity index (χ0n) is 15.1. The van der Waals surface area contributed by atoms with Crippen LogP contribution in [0, 0.1) is 0 Å². The molecule has 0 bridgehead atoms. The Morgan fingerprint density at radius 1 is 1.22 bits per heavy atom. The highest BCUT2D eigenvalue weighted by Gasteiger charge is 2.21. The first kappa shape index (κ1) is 18.6. The lowest BCUT2D eigenvalue weighted by atomic mass is 9.96. The Morgan fingerprint density at radius 2 is 2.04 bits per heavy atom. The van der Waals surface area contributed by atoms with Gasteiger partial charge in [-0.3, -0.25) is 10.1 Å². The summed E-state index contributed by atoms with van der Waals surface area (Å²) < 4.78 is 0.846. The van der Waals surface area contributed by atoms with Crippen LogP contribution in [-0.2, 0) is 12.8 Å². The number of nitrogen functional groups attached to an aromatic ring is 1. The SMILES string of the molecule is CCSc1nnc(NC(=O)c2sc3nc4c(cc3c2N)CCCCCC4)s1. The number of carbonyl (C=O) groups is 1. The molecule has 0 aromatic carbocycles. The molecular formula is C18H21N5OS3. The minimum atomic E-state index is -0.243. The number of nitrogens with zero attached hydrogens (tertiary/aromatic N) is 3. The van der Waals surface area contributed by atoms with E-state index in [2.05, 4.69) is 28.5 Å². The number of hydrogen-bond acceptors (Lipinski definition) is 8. The van der Waals surface area contributed by atoms with Gasteiger partial charge in [-0.15, -0.1) is 21.5 Å². The van der Waals surface area contributed by atoms with E-state index >= 15 is 0 Å². The molecule has 3 aromatic rings.